The average molecular weight is 349 g/mol. The molecule has 1 aromatic heterocycles. The first-order chi connectivity index (χ1) is 13.4. The Balaban J connectivity index is 1.89. The molecule has 0 fully saturated rings. The third kappa shape index (κ3) is 2.54. The highest BCUT2D eigenvalue weighted by Gasteiger charge is 2.15. The first-order valence-corrected chi connectivity index (χ1v) is 9.81. The molecule has 0 unspecified atom stereocenters. The summed E-state index contributed by atoms with van der Waals surface area (Å²) in [5.74, 6) is 0. The van der Waals surface area contributed by atoms with Crippen molar-refractivity contribution in [2.45, 2.75) is 25.8 Å². The number of rotatable bonds is 5. The van der Waals surface area contributed by atoms with Gasteiger partial charge in [-0.3, -0.25) is 0 Å². The number of aromatic nitrogens is 1. The van der Waals surface area contributed by atoms with Crippen molar-refractivity contribution in [3.05, 3.63) is 85.5 Å². The molecule has 0 aliphatic heterocycles. The molecule has 5 aromatic rings. The summed E-state index contributed by atoms with van der Waals surface area (Å²) < 4.78 is 2.52. The van der Waals surface area contributed by atoms with Crippen LogP contribution in [0, 0.1) is 0 Å². The number of aryl methyl sites for hydroxylation is 1. The Morgan fingerprint density at radius 1 is 0.667 bits per heavy atom. The van der Waals surface area contributed by atoms with Crippen molar-refractivity contribution in [1.82, 2.24) is 4.57 Å². The number of benzene rings is 4. The largest absolute Gasteiger partial charge is 0.340 e. The second kappa shape index (κ2) is 6.59. The number of allylic oxidation sites excluding steroid dienone is 1. The molecule has 0 atom stereocenters. The van der Waals surface area contributed by atoms with E-state index in [-0.39, 0.29) is 0 Å². The van der Waals surface area contributed by atoms with E-state index in [0.29, 0.717) is 0 Å². The van der Waals surface area contributed by atoms with Crippen LogP contribution in [0.4, 0.5) is 0 Å². The summed E-state index contributed by atoms with van der Waals surface area (Å²) in [6.07, 6.45) is 5.46. The predicted molar refractivity (Wildman–Crippen MR) is 119 cm³/mol. The van der Waals surface area contributed by atoms with Crippen LogP contribution in [0.3, 0.4) is 0 Å². The molecule has 1 heteroatoms. The fourth-order valence-corrected chi connectivity index (χ4v) is 4.42. The van der Waals surface area contributed by atoms with E-state index in [2.05, 4.69) is 83.9 Å². The van der Waals surface area contributed by atoms with Crippen molar-refractivity contribution < 1.29 is 0 Å². The molecule has 0 radical (unpaired) electrons. The first kappa shape index (κ1) is 16.1. The minimum Gasteiger partial charge on any atom is -0.340 e. The second-order valence-corrected chi connectivity index (χ2v) is 7.30. The van der Waals surface area contributed by atoms with Crippen molar-refractivity contribution in [3.63, 3.8) is 0 Å². The van der Waals surface area contributed by atoms with Crippen molar-refractivity contribution >= 4 is 43.4 Å². The third-order valence-corrected chi connectivity index (χ3v) is 5.69. The molecule has 27 heavy (non-hydrogen) atoms. The highest BCUT2D eigenvalue weighted by Crippen LogP contribution is 2.38. The molecule has 1 nitrogen and oxygen atoms in total. The molecule has 5 rings (SSSR count). The summed E-state index contributed by atoms with van der Waals surface area (Å²) in [5, 5.41) is 8.10. The molecule has 1 heterocycles. The summed E-state index contributed by atoms with van der Waals surface area (Å²) in [4.78, 5) is 0. The quantitative estimate of drug-likeness (QED) is 0.229. The monoisotopic (exact) mass is 349 g/mol. The zero-order valence-electron chi connectivity index (χ0n) is 15.5. The Morgan fingerprint density at radius 3 is 1.78 bits per heavy atom. The second-order valence-electron chi connectivity index (χ2n) is 7.30. The molecular weight excluding hydrogens is 326 g/mol. The van der Waals surface area contributed by atoms with Crippen LogP contribution < -0.4 is 0 Å². The topological polar surface area (TPSA) is 4.93 Å². The van der Waals surface area contributed by atoms with E-state index in [1.807, 2.05) is 6.08 Å². The molecular formula is C26H23N. The fraction of sp³-hybridized carbons (Fsp3) is 0.154. The van der Waals surface area contributed by atoms with Gasteiger partial charge in [0.2, 0.25) is 0 Å². The van der Waals surface area contributed by atoms with Gasteiger partial charge in [-0.2, -0.15) is 0 Å². The lowest BCUT2D eigenvalue weighted by Crippen LogP contribution is -1.97. The van der Waals surface area contributed by atoms with Gasteiger partial charge >= 0.3 is 0 Å². The highest BCUT2D eigenvalue weighted by atomic mass is 15.0. The Kier molecular flexibility index (Phi) is 3.94. The Hall–Kier alpha value is -3.06. The summed E-state index contributed by atoms with van der Waals surface area (Å²) >= 11 is 0. The highest BCUT2D eigenvalue weighted by molar-refractivity contribution is 6.27. The lowest BCUT2D eigenvalue weighted by Gasteiger charge is -2.08. The van der Waals surface area contributed by atoms with Crippen LogP contribution in [-0.4, -0.2) is 4.57 Å². The zero-order chi connectivity index (χ0) is 18.2. The Labute approximate surface area is 159 Å². The van der Waals surface area contributed by atoms with Crippen LogP contribution in [0.5, 0.6) is 0 Å². The Bertz CT molecular complexity index is 1200. The van der Waals surface area contributed by atoms with Gasteiger partial charge in [0, 0.05) is 28.4 Å². The smallest absolute Gasteiger partial charge is 0.0498 e. The van der Waals surface area contributed by atoms with Gasteiger partial charge in [-0.1, -0.05) is 66.7 Å². The molecule has 0 bridgehead atoms. The molecule has 4 aromatic carbocycles. The molecule has 132 valence electrons. The van der Waals surface area contributed by atoms with Crippen molar-refractivity contribution in [1.29, 1.82) is 0 Å². The number of nitrogens with zero attached hydrogens (tertiary/aromatic N) is 1. The summed E-state index contributed by atoms with van der Waals surface area (Å²) in [5.41, 5.74) is 2.69. The van der Waals surface area contributed by atoms with Gasteiger partial charge in [-0.15, -0.1) is 6.58 Å². The van der Waals surface area contributed by atoms with Crippen LogP contribution in [0.25, 0.3) is 43.4 Å². The normalized spacial score (nSPS) is 11.7. The van der Waals surface area contributed by atoms with Crippen LogP contribution >= 0.6 is 0 Å². The molecule has 0 aliphatic carbocycles. The molecule has 0 saturated heterocycles. The van der Waals surface area contributed by atoms with Gasteiger partial charge in [0.05, 0.1) is 0 Å². The minimum absolute atomic E-state index is 1.05. The number of hydrogen-bond donors (Lipinski definition) is 0. The van der Waals surface area contributed by atoms with E-state index in [1.54, 1.807) is 0 Å². The molecule has 0 spiro atoms. The van der Waals surface area contributed by atoms with Crippen LogP contribution in [0.2, 0.25) is 0 Å². The molecule has 0 aliphatic rings. The maximum atomic E-state index is 3.86. The van der Waals surface area contributed by atoms with E-state index >= 15 is 0 Å². The fourth-order valence-electron chi connectivity index (χ4n) is 4.42. The maximum absolute atomic E-state index is 3.86. The number of hydrogen-bond acceptors (Lipinski definition) is 0. The van der Waals surface area contributed by atoms with Gasteiger partial charge < -0.3 is 4.57 Å². The zero-order valence-corrected chi connectivity index (χ0v) is 15.5. The average Bonchev–Trinajstić information content (AvgIpc) is 3.06. The Morgan fingerprint density at radius 2 is 1.22 bits per heavy atom. The molecule has 0 N–H and O–H groups in total. The van der Waals surface area contributed by atoms with E-state index in [0.717, 1.165) is 13.0 Å². The lowest BCUT2D eigenvalue weighted by atomic mass is 10.00. The summed E-state index contributed by atoms with van der Waals surface area (Å²) in [7, 11) is 0. The van der Waals surface area contributed by atoms with Gasteiger partial charge in [0.1, 0.15) is 0 Å². The minimum atomic E-state index is 1.05. The summed E-state index contributed by atoms with van der Waals surface area (Å²) in [6.45, 7) is 4.90. The van der Waals surface area contributed by atoms with E-state index in [9.17, 15) is 0 Å². The van der Waals surface area contributed by atoms with E-state index in [1.165, 1.54) is 56.2 Å². The number of fused-ring (bicyclic) bond motifs is 7. The summed E-state index contributed by atoms with van der Waals surface area (Å²) in [6, 6.07) is 26.7. The standard InChI is InChI=1S/C26H23N/c1-2-3-4-9-18-27-23-16-14-19-10-5-7-12-21(19)25(23)26-22-13-8-6-11-20(22)15-17-24(26)27/h2,5-8,10-17H,1,3-4,9,18H2. The molecule has 0 amide bonds. The first-order valence-electron chi connectivity index (χ1n) is 9.81. The van der Waals surface area contributed by atoms with E-state index in [4.69, 9.17) is 0 Å². The SMILES string of the molecule is C=CCCCCn1c2ccc3ccccc3c2c2c3ccccc3ccc21. The third-order valence-electron chi connectivity index (χ3n) is 5.69. The predicted octanol–water partition coefficient (Wildman–Crippen LogP) is 7.46. The van der Waals surface area contributed by atoms with Gasteiger partial charge in [-0.25, -0.2) is 0 Å². The van der Waals surface area contributed by atoms with E-state index < -0.39 is 0 Å². The van der Waals surface area contributed by atoms with Crippen LogP contribution in [0.15, 0.2) is 85.5 Å². The lowest BCUT2D eigenvalue weighted by molar-refractivity contribution is 0.643. The van der Waals surface area contributed by atoms with Crippen LogP contribution in [0.1, 0.15) is 19.3 Å². The van der Waals surface area contributed by atoms with Gasteiger partial charge in [0.15, 0.2) is 0 Å². The van der Waals surface area contributed by atoms with Crippen molar-refractivity contribution in [2.24, 2.45) is 0 Å². The molecule has 0 saturated carbocycles. The van der Waals surface area contributed by atoms with Crippen LogP contribution in [-0.2, 0) is 6.54 Å². The van der Waals surface area contributed by atoms with Gasteiger partial charge in [-0.05, 0) is 52.9 Å². The van der Waals surface area contributed by atoms with Crippen molar-refractivity contribution in [3.8, 4) is 0 Å². The van der Waals surface area contributed by atoms with Crippen molar-refractivity contribution in [2.75, 3.05) is 0 Å². The number of unbranched alkanes of at least 4 members (excludes halogenated alkanes) is 2. The maximum Gasteiger partial charge on any atom is 0.0498 e. The van der Waals surface area contributed by atoms with Gasteiger partial charge in [0.25, 0.3) is 0 Å².